The summed E-state index contributed by atoms with van der Waals surface area (Å²) in [5.41, 5.74) is -0.855. The summed E-state index contributed by atoms with van der Waals surface area (Å²) < 4.78 is 4.76. The topological polar surface area (TPSA) is 117 Å². The number of hydrogen-bond donors (Lipinski definition) is 3. The summed E-state index contributed by atoms with van der Waals surface area (Å²) in [5.74, 6) is -1.40. The lowest BCUT2D eigenvalue weighted by Gasteiger charge is -2.22. The summed E-state index contributed by atoms with van der Waals surface area (Å²) in [6.07, 6.45) is 0. The molecule has 2 rings (SSSR count). The molecular formula is C16H19ClN4O5. The SMILES string of the molecule is COCCNC(=O)NC(=O)CN1C(=O)NC(C)(c2cccc(Cl)c2)C1=O. The third-order valence-electron chi connectivity index (χ3n) is 3.82. The van der Waals surface area contributed by atoms with Crippen LogP contribution in [0.2, 0.25) is 5.02 Å². The zero-order chi connectivity index (χ0) is 19.3. The summed E-state index contributed by atoms with van der Waals surface area (Å²) in [4.78, 5) is 49.1. The van der Waals surface area contributed by atoms with Crippen LogP contribution in [0.3, 0.4) is 0 Å². The molecule has 0 radical (unpaired) electrons. The van der Waals surface area contributed by atoms with Crippen molar-refractivity contribution >= 4 is 35.5 Å². The Hall–Kier alpha value is -2.65. The van der Waals surface area contributed by atoms with E-state index in [4.69, 9.17) is 16.3 Å². The Balaban J connectivity index is 2.02. The maximum Gasteiger partial charge on any atom is 0.325 e. The number of amides is 6. The molecule has 1 fully saturated rings. The fraction of sp³-hybridized carbons (Fsp3) is 0.375. The molecule has 3 N–H and O–H groups in total. The van der Waals surface area contributed by atoms with Crippen LogP contribution in [-0.4, -0.2) is 55.6 Å². The van der Waals surface area contributed by atoms with Gasteiger partial charge in [-0.2, -0.15) is 0 Å². The maximum atomic E-state index is 12.7. The summed E-state index contributed by atoms with van der Waals surface area (Å²) in [6, 6.07) is 5.04. The van der Waals surface area contributed by atoms with E-state index in [0.717, 1.165) is 4.90 Å². The van der Waals surface area contributed by atoms with E-state index in [-0.39, 0.29) is 13.2 Å². The van der Waals surface area contributed by atoms with Crippen molar-refractivity contribution in [3.8, 4) is 0 Å². The molecule has 10 heteroatoms. The highest BCUT2D eigenvalue weighted by molar-refractivity contribution is 6.30. The van der Waals surface area contributed by atoms with Crippen LogP contribution in [0, 0.1) is 0 Å². The van der Waals surface area contributed by atoms with E-state index in [0.29, 0.717) is 10.6 Å². The Morgan fingerprint density at radius 2 is 2.08 bits per heavy atom. The molecule has 26 heavy (non-hydrogen) atoms. The van der Waals surface area contributed by atoms with Gasteiger partial charge in [-0.25, -0.2) is 9.59 Å². The van der Waals surface area contributed by atoms with Gasteiger partial charge in [-0.3, -0.25) is 19.8 Å². The standard InChI is InChI=1S/C16H19ClN4O5/c1-16(10-4-3-5-11(17)8-10)13(23)21(15(25)20-16)9-12(22)19-14(24)18-6-7-26-2/h3-5,8H,6-7,9H2,1-2H3,(H,20,25)(H2,18,19,22,24). The largest absolute Gasteiger partial charge is 0.383 e. The molecule has 1 heterocycles. The van der Waals surface area contributed by atoms with Gasteiger partial charge >= 0.3 is 12.1 Å². The van der Waals surface area contributed by atoms with Gasteiger partial charge in [0, 0.05) is 18.7 Å². The first-order valence-corrected chi connectivity index (χ1v) is 8.12. The Kier molecular flexibility index (Phi) is 6.17. The molecule has 1 saturated heterocycles. The number of rotatable bonds is 6. The van der Waals surface area contributed by atoms with Crippen molar-refractivity contribution in [1.82, 2.24) is 20.9 Å². The molecule has 1 aliphatic heterocycles. The first-order valence-electron chi connectivity index (χ1n) is 7.74. The molecule has 0 saturated carbocycles. The first kappa shape index (κ1) is 19.7. The van der Waals surface area contributed by atoms with E-state index in [2.05, 4.69) is 10.6 Å². The molecule has 140 valence electrons. The number of hydrogen-bond acceptors (Lipinski definition) is 5. The van der Waals surface area contributed by atoms with Crippen LogP contribution in [0.25, 0.3) is 0 Å². The molecule has 1 aromatic rings. The van der Waals surface area contributed by atoms with E-state index in [1.165, 1.54) is 14.0 Å². The number of carbonyl (C=O) groups is 4. The average molecular weight is 383 g/mol. The van der Waals surface area contributed by atoms with E-state index in [1.807, 2.05) is 5.32 Å². The maximum absolute atomic E-state index is 12.7. The molecule has 6 amide bonds. The number of methoxy groups -OCH3 is 1. The van der Waals surface area contributed by atoms with Crippen molar-refractivity contribution < 1.29 is 23.9 Å². The number of nitrogens with one attached hydrogen (secondary N) is 3. The van der Waals surface area contributed by atoms with Crippen molar-refractivity contribution in [2.24, 2.45) is 0 Å². The van der Waals surface area contributed by atoms with Crippen LogP contribution in [0.1, 0.15) is 12.5 Å². The number of carbonyl (C=O) groups excluding carboxylic acids is 4. The molecular weight excluding hydrogens is 364 g/mol. The van der Waals surface area contributed by atoms with E-state index in [1.54, 1.807) is 24.3 Å². The molecule has 0 bridgehead atoms. The summed E-state index contributed by atoms with van der Waals surface area (Å²) in [6.45, 7) is 1.44. The Bertz CT molecular complexity index is 741. The second kappa shape index (κ2) is 8.15. The van der Waals surface area contributed by atoms with Gasteiger partial charge in [-0.05, 0) is 24.6 Å². The number of benzene rings is 1. The summed E-state index contributed by atoms with van der Waals surface area (Å²) in [7, 11) is 1.47. The number of ether oxygens (including phenoxy) is 1. The van der Waals surface area contributed by atoms with E-state index >= 15 is 0 Å². The smallest absolute Gasteiger partial charge is 0.325 e. The Morgan fingerprint density at radius 1 is 1.35 bits per heavy atom. The fourth-order valence-electron chi connectivity index (χ4n) is 2.46. The third-order valence-corrected chi connectivity index (χ3v) is 4.06. The van der Waals surface area contributed by atoms with Crippen LogP contribution in [-0.2, 0) is 19.9 Å². The molecule has 0 spiro atoms. The van der Waals surface area contributed by atoms with Crippen molar-refractivity contribution in [3.63, 3.8) is 0 Å². The normalized spacial score (nSPS) is 19.3. The quantitative estimate of drug-likeness (QED) is 0.491. The average Bonchev–Trinajstić information content (AvgIpc) is 2.79. The predicted octanol–water partition coefficient (Wildman–Crippen LogP) is 0.579. The van der Waals surface area contributed by atoms with Crippen molar-refractivity contribution in [2.75, 3.05) is 26.8 Å². The van der Waals surface area contributed by atoms with E-state index < -0.39 is 36.0 Å². The minimum atomic E-state index is -1.34. The fourth-order valence-corrected chi connectivity index (χ4v) is 2.65. The second-order valence-corrected chi connectivity index (χ2v) is 6.19. The Morgan fingerprint density at radius 3 is 2.73 bits per heavy atom. The van der Waals surface area contributed by atoms with Gasteiger partial charge in [-0.15, -0.1) is 0 Å². The molecule has 0 aliphatic carbocycles. The van der Waals surface area contributed by atoms with Crippen LogP contribution >= 0.6 is 11.6 Å². The van der Waals surface area contributed by atoms with Crippen molar-refractivity contribution in [1.29, 1.82) is 0 Å². The molecule has 1 atom stereocenters. The highest BCUT2D eigenvalue weighted by Crippen LogP contribution is 2.30. The number of nitrogens with zero attached hydrogens (tertiary/aromatic N) is 1. The Labute approximate surface area is 155 Å². The monoisotopic (exact) mass is 382 g/mol. The van der Waals surface area contributed by atoms with E-state index in [9.17, 15) is 19.2 Å². The van der Waals surface area contributed by atoms with Crippen LogP contribution in [0.5, 0.6) is 0 Å². The van der Waals surface area contributed by atoms with Gasteiger partial charge in [0.05, 0.1) is 6.61 Å². The third kappa shape index (κ3) is 4.30. The minimum absolute atomic E-state index is 0.214. The lowest BCUT2D eigenvalue weighted by atomic mass is 9.92. The first-order chi connectivity index (χ1) is 12.3. The minimum Gasteiger partial charge on any atom is -0.383 e. The van der Waals surface area contributed by atoms with Gasteiger partial charge in [0.2, 0.25) is 5.91 Å². The number of urea groups is 2. The van der Waals surface area contributed by atoms with Crippen LogP contribution in [0.4, 0.5) is 9.59 Å². The highest BCUT2D eigenvalue weighted by atomic mass is 35.5. The molecule has 1 aliphatic rings. The van der Waals surface area contributed by atoms with Crippen molar-refractivity contribution in [2.45, 2.75) is 12.5 Å². The summed E-state index contributed by atoms with van der Waals surface area (Å²) >= 11 is 5.94. The van der Waals surface area contributed by atoms with Crippen LogP contribution in [0.15, 0.2) is 24.3 Å². The second-order valence-electron chi connectivity index (χ2n) is 5.75. The van der Waals surface area contributed by atoms with Crippen LogP contribution < -0.4 is 16.0 Å². The lowest BCUT2D eigenvalue weighted by molar-refractivity contribution is -0.134. The van der Waals surface area contributed by atoms with Gasteiger partial charge in [0.15, 0.2) is 0 Å². The predicted molar refractivity (Wildman–Crippen MR) is 92.5 cm³/mol. The number of halogens is 1. The van der Waals surface area contributed by atoms with Gasteiger partial charge in [0.25, 0.3) is 5.91 Å². The van der Waals surface area contributed by atoms with Gasteiger partial charge in [0.1, 0.15) is 12.1 Å². The number of imide groups is 2. The summed E-state index contributed by atoms with van der Waals surface area (Å²) in [5, 5.41) is 7.41. The zero-order valence-corrected chi connectivity index (χ0v) is 15.1. The lowest BCUT2D eigenvalue weighted by Crippen LogP contribution is -2.47. The molecule has 1 unspecified atom stereocenters. The highest BCUT2D eigenvalue weighted by Gasteiger charge is 2.49. The molecule has 0 aromatic heterocycles. The van der Waals surface area contributed by atoms with Gasteiger partial charge in [-0.1, -0.05) is 23.7 Å². The van der Waals surface area contributed by atoms with Crippen molar-refractivity contribution in [3.05, 3.63) is 34.9 Å². The molecule has 1 aromatic carbocycles. The van der Waals surface area contributed by atoms with Gasteiger partial charge < -0.3 is 15.4 Å². The zero-order valence-electron chi connectivity index (χ0n) is 14.3. The molecule has 9 nitrogen and oxygen atoms in total.